The minimum atomic E-state index is -1.38. The molecule has 0 saturated carbocycles. The smallest absolute Gasteiger partial charge is 0.321 e. The van der Waals surface area contributed by atoms with Crippen molar-refractivity contribution in [2.75, 3.05) is 7.11 Å². The van der Waals surface area contributed by atoms with E-state index >= 15 is 0 Å². The molecule has 5 heteroatoms. The third-order valence-electron chi connectivity index (χ3n) is 3.54. The van der Waals surface area contributed by atoms with Crippen LogP contribution in [0.4, 0.5) is 0 Å². The summed E-state index contributed by atoms with van der Waals surface area (Å²) in [6, 6.07) is 8.01. The number of methoxy groups -OCH3 is 1. The molecule has 0 aromatic heterocycles. The quantitative estimate of drug-likeness (QED) is 0.379. The Labute approximate surface area is 110 Å². The Kier molecular flexibility index (Phi) is 3.38. The molecule has 2 rings (SSSR count). The van der Waals surface area contributed by atoms with Crippen LogP contribution in [0.15, 0.2) is 30.3 Å². The lowest BCUT2D eigenvalue weighted by Crippen LogP contribution is -2.62. The molecule has 1 aromatic rings. The number of carbonyl (C=O) groups excluding carboxylic acids is 3. The molecule has 1 aromatic carbocycles. The monoisotopic (exact) mass is 261 g/mol. The highest BCUT2D eigenvalue weighted by Gasteiger charge is 2.53. The summed E-state index contributed by atoms with van der Waals surface area (Å²) in [5.41, 5.74) is -0.958. The highest BCUT2D eigenvalue weighted by Crippen LogP contribution is 2.33. The number of β-lactam (4-membered cyclic amide) rings is 1. The Morgan fingerprint density at radius 2 is 1.89 bits per heavy atom. The molecular weight excluding hydrogens is 246 g/mol. The van der Waals surface area contributed by atoms with Crippen molar-refractivity contribution in [2.45, 2.75) is 19.4 Å². The molecule has 1 N–H and O–H groups in total. The first-order valence-electron chi connectivity index (χ1n) is 5.97. The fraction of sp³-hybridized carbons (Fsp3) is 0.357. The van der Waals surface area contributed by atoms with Crippen molar-refractivity contribution >= 4 is 17.7 Å². The maximum Gasteiger partial charge on any atom is 0.321 e. The maximum absolute atomic E-state index is 12.6. The number of amides is 1. The first-order valence-corrected chi connectivity index (χ1v) is 5.97. The van der Waals surface area contributed by atoms with Crippen molar-refractivity contribution in [2.24, 2.45) is 5.41 Å². The summed E-state index contributed by atoms with van der Waals surface area (Å²) in [6.07, 6.45) is 0.157. The average Bonchev–Trinajstić information content (AvgIpc) is 2.42. The van der Waals surface area contributed by atoms with Crippen LogP contribution in [-0.2, 0) is 14.3 Å². The molecule has 2 unspecified atom stereocenters. The van der Waals surface area contributed by atoms with E-state index in [1.165, 1.54) is 14.0 Å². The second-order valence-electron chi connectivity index (χ2n) is 4.71. The number of nitrogens with one attached hydrogen (secondary N) is 1. The molecule has 1 amide bonds. The van der Waals surface area contributed by atoms with Gasteiger partial charge in [0, 0.05) is 12.0 Å². The number of benzene rings is 1. The van der Waals surface area contributed by atoms with E-state index < -0.39 is 17.4 Å². The number of ether oxygens (including phenoxy) is 1. The molecule has 1 heterocycles. The van der Waals surface area contributed by atoms with E-state index in [4.69, 9.17) is 4.74 Å². The molecule has 19 heavy (non-hydrogen) atoms. The third kappa shape index (κ3) is 2.12. The van der Waals surface area contributed by atoms with Gasteiger partial charge in [0.05, 0.1) is 13.2 Å². The molecule has 5 nitrogen and oxygen atoms in total. The van der Waals surface area contributed by atoms with Gasteiger partial charge in [-0.25, -0.2) is 0 Å². The van der Waals surface area contributed by atoms with E-state index in [0.29, 0.717) is 5.56 Å². The van der Waals surface area contributed by atoms with Crippen molar-refractivity contribution in [3.05, 3.63) is 35.9 Å². The Morgan fingerprint density at radius 3 is 2.37 bits per heavy atom. The minimum Gasteiger partial charge on any atom is -0.468 e. The zero-order valence-electron chi connectivity index (χ0n) is 10.8. The van der Waals surface area contributed by atoms with Gasteiger partial charge in [-0.05, 0) is 6.92 Å². The first kappa shape index (κ1) is 13.3. The molecular formula is C14H15NO4. The molecule has 1 aliphatic heterocycles. The number of ketones is 1. The largest absolute Gasteiger partial charge is 0.468 e. The van der Waals surface area contributed by atoms with Crippen molar-refractivity contribution in [1.82, 2.24) is 5.32 Å². The summed E-state index contributed by atoms with van der Waals surface area (Å²) in [6.45, 7) is 1.51. The van der Waals surface area contributed by atoms with Crippen molar-refractivity contribution in [3.63, 3.8) is 0 Å². The number of hydrogen-bond acceptors (Lipinski definition) is 4. The van der Waals surface area contributed by atoms with Gasteiger partial charge in [-0.1, -0.05) is 30.3 Å². The van der Waals surface area contributed by atoms with Gasteiger partial charge in [0.25, 0.3) is 0 Å². The Bertz CT molecular complexity index is 518. The molecule has 0 radical (unpaired) electrons. The van der Waals surface area contributed by atoms with E-state index in [1.807, 2.05) is 0 Å². The highest BCUT2D eigenvalue weighted by atomic mass is 16.5. The SMILES string of the molecule is COC(=O)C(C)(C(=O)c1ccccc1)C1CC(=O)N1. The van der Waals surface area contributed by atoms with E-state index in [0.717, 1.165) is 0 Å². The highest BCUT2D eigenvalue weighted by molar-refractivity contribution is 6.14. The molecule has 1 saturated heterocycles. The third-order valence-corrected chi connectivity index (χ3v) is 3.54. The number of Topliss-reactive ketones (excluding diaryl/α,β-unsaturated/α-hetero) is 1. The fourth-order valence-electron chi connectivity index (χ4n) is 2.20. The Morgan fingerprint density at radius 1 is 1.32 bits per heavy atom. The molecule has 1 fully saturated rings. The maximum atomic E-state index is 12.6. The lowest BCUT2D eigenvalue weighted by Gasteiger charge is -2.39. The van der Waals surface area contributed by atoms with Crippen LogP contribution in [0.1, 0.15) is 23.7 Å². The minimum absolute atomic E-state index is 0.157. The normalized spacial score (nSPS) is 20.7. The van der Waals surface area contributed by atoms with Gasteiger partial charge in [-0.2, -0.15) is 0 Å². The molecule has 0 spiro atoms. The predicted molar refractivity (Wildman–Crippen MR) is 67.4 cm³/mol. The van der Waals surface area contributed by atoms with Crippen molar-refractivity contribution in [1.29, 1.82) is 0 Å². The number of rotatable bonds is 4. The van der Waals surface area contributed by atoms with Gasteiger partial charge in [0.15, 0.2) is 5.78 Å². The summed E-state index contributed by atoms with van der Waals surface area (Å²) in [4.78, 5) is 35.6. The van der Waals surface area contributed by atoms with Crippen LogP contribution in [0.5, 0.6) is 0 Å². The van der Waals surface area contributed by atoms with Crippen LogP contribution in [0.25, 0.3) is 0 Å². The lowest BCUT2D eigenvalue weighted by molar-refractivity contribution is -0.153. The van der Waals surface area contributed by atoms with Crippen LogP contribution in [0, 0.1) is 5.41 Å². The number of carbonyl (C=O) groups is 3. The second kappa shape index (κ2) is 4.84. The first-order chi connectivity index (χ1) is 9.00. The summed E-state index contributed by atoms with van der Waals surface area (Å²) < 4.78 is 4.74. The zero-order valence-corrected chi connectivity index (χ0v) is 10.8. The summed E-state index contributed by atoms with van der Waals surface area (Å²) >= 11 is 0. The van der Waals surface area contributed by atoms with Crippen LogP contribution >= 0.6 is 0 Å². The van der Waals surface area contributed by atoms with Crippen molar-refractivity contribution in [3.8, 4) is 0 Å². The van der Waals surface area contributed by atoms with Gasteiger partial charge >= 0.3 is 5.97 Å². The lowest BCUT2D eigenvalue weighted by atomic mass is 9.72. The van der Waals surface area contributed by atoms with Gasteiger partial charge in [0.1, 0.15) is 5.41 Å². The number of hydrogen-bond donors (Lipinski definition) is 1. The van der Waals surface area contributed by atoms with Crippen LogP contribution < -0.4 is 5.32 Å². The van der Waals surface area contributed by atoms with Gasteiger partial charge < -0.3 is 10.1 Å². The van der Waals surface area contributed by atoms with Gasteiger partial charge in [-0.15, -0.1) is 0 Å². The summed E-state index contributed by atoms with van der Waals surface area (Å²) in [5.74, 6) is -1.14. The molecule has 0 aliphatic carbocycles. The van der Waals surface area contributed by atoms with E-state index in [-0.39, 0.29) is 18.1 Å². The molecule has 1 aliphatic rings. The second-order valence-corrected chi connectivity index (χ2v) is 4.71. The molecule has 0 bridgehead atoms. The molecule has 100 valence electrons. The van der Waals surface area contributed by atoms with Crippen LogP contribution in [-0.4, -0.2) is 30.8 Å². The van der Waals surface area contributed by atoms with Crippen LogP contribution in [0.2, 0.25) is 0 Å². The summed E-state index contributed by atoms with van der Waals surface area (Å²) in [7, 11) is 1.24. The molecule has 2 atom stereocenters. The van der Waals surface area contributed by atoms with Gasteiger partial charge in [0.2, 0.25) is 5.91 Å². The van der Waals surface area contributed by atoms with Crippen LogP contribution in [0.3, 0.4) is 0 Å². The van der Waals surface area contributed by atoms with E-state index in [2.05, 4.69) is 5.32 Å². The Hall–Kier alpha value is -2.17. The fourth-order valence-corrected chi connectivity index (χ4v) is 2.20. The topological polar surface area (TPSA) is 72.5 Å². The Balaban J connectivity index is 2.35. The average molecular weight is 261 g/mol. The van der Waals surface area contributed by atoms with E-state index in [9.17, 15) is 14.4 Å². The van der Waals surface area contributed by atoms with E-state index in [1.54, 1.807) is 30.3 Å². The zero-order chi connectivity index (χ0) is 14.0. The standard InChI is InChI=1S/C14H15NO4/c1-14(13(18)19-2,10-8-11(16)15-10)12(17)9-6-4-3-5-7-9/h3-7,10H,8H2,1-2H3,(H,15,16). The number of esters is 1. The predicted octanol–water partition coefficient (Wildman–Crippen LogP) is 0.937. The van der Waals surface area contributed by atoms with Crippen molar-refractivity contribution < 1.29 is 19.1 Å². The summed E-state index contributed by atoms with van der Waals surface area (Å²) in [5, 5.41) is 2.59. The van der Waals surface area contributed by atoms with Gasteiger partial charge in [-0.3, -0.25) is 14.4 Å².